The molecule has 8 heteroatoms. The number of anilines is 2. The number of hydrogen-bond donors (Lipinski definition) is 3. The van der Waals surface area contributed by atoms with Crippen molar-refractivity contribution in [3.8, 4) is 5.75 Å². The summed E-state index contributed by atoms with van der Waals surface area (Å²) in [5.41, 5.74) is 4.24. The fraction of sp³-hybridized carbons (Fsp3) is 0.222. The van der Waals surface area contributed by atoms with Crippen LogP contribution in [0.25, 0.3) is 0 Å². The number of halogens is 1. The van der Waals surface area contributed by atoms with Gasteiger partial charge in [-0.25, -0.2) is 0 Å². The normalized spacial score (nSPS) is 10.6. The first-order chi connectivity index (χ1) is 16.6. The molecule has 0 bridgehead atoms. The van der Waals surface area contributed by atoms with Gasteiger partial charge in [0, 0.05) is 11.3 Å². The van der Waals surface area contributed by atoms with Crippen molar-refractivity contribution in [1.82, 2.24) is 5.32 Å². The molecule has 0 radical (unpaired) electrons. The number of benzene rings is 3. The highest BCUT2D eigenvalue weighted by atomic mass is 79.9. The largest absolute Gasteiger partial charge is 0.492 e. The number of nitrogens with one attached hydrogen (secondary N) is 3. The van der Waals surface area contributed by atoms with E-state index >= 15 is 0 Å². The van der Waals surface area contributed by atoms with Gasteiger partial charge in [-0.05, 0) is 102 Å². The lowest BCUT2D eigenvalue weighted by Gasteiger charge is -2.15. The van der Waals surface area contributed by atoms with Crippen LogP contribution >= 0.6 is 28.1 Å². The van der Waals surface area contributed by atoms with E-state index in [1.807, 2.05) is 32.0 Å². The van der Waals surface area contributed by atoms with Crippen molar-refractivity contribution >= 4 is 56.4 Å². The van der Waals surface area contributed by atoms with Crippen molar-refractivity contribution in [3.63, 3.8) is 0 Å². The van der Waals surface area contributed by atoms with E-state index in [2.05, 4.69) is 45.7 Å². The Morgan fingerprint density at radius 1 is 0.943 bits per heavy atom. The maximum Gasteiger partial charge on any atom is 0.257 e. The molecule has 0 atom stereocenters. The van der Waals surface area contributed by atoms with Crippen LogP contribution in [0.2, 0.25) is 0 Å². The molecule has 0 saturated carbocycles. The second-order valence-electron chi connectivity index (χ2n) is 8.56. The summed E-state index contributed by atoms with van der Waals surface area (Å²) in [4.78, 5) is 25.6. The monoisotopic (exact) mass is 553 g/mol. The molecule has 0 aliphatic rings. The highest BCUT2D eigenvalue weighted by Gasteiger charge is 2.15. The number of hydrogen-bond acceptors (Lipinski definition) is 4. The fourth-order valence-corrected chi connectivity index (χ4v) is 3.85. The fourth-order valence-electron chi connectivity index (χ4n) is 3.15. The molecule has 0 saturated heterocycles. The van der Waals surface area contributed by atoms with Crippen molar-refractivity contribution < 1.29 is 14.3 Å². The molecule has 3 rings (SSSR count). The molecule has 3 N–H and O–H groups in total. The minimum atomic E-state index is -0.379. The van der Waals surface area contributed by atoms with Crippen LogP contribution in [0.4, 0.5) is 11.4 Å². The predicted molar refractivity (Wildman–Crippen MR) is 148 cm³/mol. The summed E-state index contributed by atoms with van der Waals surface area (Å²) in [7, 11) is 0. The summed E-state index contributed by atoms with van der Waals surface area (Å²) < 4.78 is 6.41. The lowest BCUT2D eigenvalue weighted by molar-refractivity contribution is 0.0976. The molecule has 0 aliphatic carbocycles. The van der Waals surface area contributed by atoms with Crippen LogP contribution in [-0.2, 0) is 0 Å². The van der Waals surface area contributed by atoms with Gasteiger partial charge in [-0.2, -0.15) is 0 Å². The van der Waals surface area contributed by atoms with E-state index in [4.69, 9.17) is 17.0 Å². The average molecular weight is 555 g/mol. The molecular weight excluding hydrogens is 526 g/mol. The quantitative estimate of drug-likeness (QED) is 0.292. The third-order valence-electron chi connectivity index (χ3n) is 5.18. The molecule has 2 amide bonds. The molecule has 0 heterocycles. The third kappa shape index (κ3) is 7.37. The van der Waals surface area contributed by atoms with Crippen LogP contribution in [-0.4, -0.2) is 23.5 Å². The van der Waals surface area contributed by atoms with Gasteiger partial charge in [0.25, 0.3) is 11.8 Å². The molecule has 35 heavy (non-hydrogen) atoms. The number of amides is 2. The number of para-hydroxylation sites is 1. The maximum absolute atomic E-state index is 12.9. The van der Waals surface area contributed by atoms with E-state index in [1.54, 1.807) is 42.5 Å². The van der Waals surface area contributed by atoms with Gasteiger partial charge in [-0.1, -0.05) is 32.0 Å². The second-order valence-corrected chi connectivity index (χ2v) is 9.82. The number of rotatable bonds is 7. The predicted octanol–water partition coefficient (Wildman–Crippen LogP) is 6.48. The Morgan fingerprint density at radius 2 is 1.69 bits per heavy atom. The van der Waals surface area contributed by atoms with Crippen molar-refractivity contribution in [1.29, 1.82) is 0 Å². The minimum Gasteiger partial charge on any atom is -0.492 e. The molecule has 182 valence electrons. The number of thiocarbonyl (C=S) groups is 1. The van der Waals surface area contributed by atoms with E-state index in [1.165, 1.54) is 0 Å². The Bertz CT molecular complexity index is 1260. The van der Waals surface area contributed by atoms with Crippen LogP contribution < -0.4 is 20.7 Å². The van der Waals surface area contributed by atoms with Gasteiger partial charge in [0.1, 0.15) is 5.75 Å². The van der Waals surface area contributed by atoms with Gasteiger partial charge in [-0.15, -0.1) is 0 Å². The van der Waals surface area contributed by atoms with Crippen molar-refractivity contribution in [2.75, 3.05) is 17.2 Å². The Balaban J connectivity index is 1.66. The maximum atomic E-state index is 12.9. The highest BCUT2D eigenvalue weighted by molar-refractivity contribution is 9.10. The lowest BCUT2D eigenvalue weighted by atomic mass is 10.1. The van der Waals surface area contributed by atoms with Gasteiger partial charge >= 0.3 is 0 Å². The molecule has 0 spiro atoms. The molecule has 3 aromatic rings. The Kier molecular flexibility index (Phi) is 9.01. The Morgan fingerprint density at radius 3 is 2.37 bits per heavy atom. The van der Waals surface area contributed by atoms with E-state index in [-0.39, 0.29) is 16.9 Å². The van der Waals surface area contributed by atoms with Crippen LogP contribution in [0, 0.1) is 19.8 Å². The van der Waals surface area contributed by atoms with Crippen LogP contribution in [0.1, 0.15) is 45.7 Å². The number of carbonyl (C=O) groups is 2. The second kappa shape index (κ2) is 12.0. The first-order valence-electron chi connectivity index (χ1n) is 11.2. The third-order valence-corrected chi connectivity index (χ3v) is 6.00. The first-order valence-corrected chi connectivity index (χ1v) is 12.4. The first kappa shape index (κ1) is 26.4. The zero-order chi connectivity index (χ0) is 25.5. The Hall–Kier alpha value is -3.23. The van der Waals surface area contributed by atoms with Gasteiger partial charge in [0.2, 0.25) is 0 Å². The minimum absolute atomic E-state index is 0.0812. The van der Waals surface area contributed by atoms with Crippen molar-refractivity contribution in [3.05, 3.63) is 87.4 Å². The van der Waals surface area contributed by atoms with Crippen molar-refractivity contribution in [2.24, 2.45) is 5.92 Å². The Labute approximate surface area is 219 Å². The van der Waals surface area contributed by atoms with Crippen LogP contribution in [0.3, 0.4) is 0 Å². The van der Waals surface area contributed by atoms with E-state index < -0.39 is 0 Å². The lowest BCUT2D eigenvalue weighted by Crippen LogP contribution is -2.34. The van der Waals surface area contributed by atoms with Crippen LogP contribution in [0.5, 0.6) is 5.75 Å². The van der Waals surface area contributed by atoms with Gasteiger partial charge in [-0.3, -0.25) is 14.9 Å². The summed E-state index contributed by atoms with van der Waals surface area (Å²) >= 11 is 8.79. The molecule has 0 fully saturated rings. The zero-order valence-corrected chi connectivity index (χ0v) is 22.5. The van der Waals surface area contributed by atoms with E-state index in [0.29, 0.717) is 45.2 Å². The van der Waals surface area contributed by atoms with Gasteiger partial charge in [0.15, 0.2) is 5.11 Å². The summed E-state index contributed by atoms with van der Waals surface area (Å²) in [6.07, 6.45) is 0. The SMILES string of the molecule is Cc1ccc(NC(=O)c2ccccc2NC(=S)NC(=O)c2ccc(OCC(C)C)c(Br)c2)cc1C. The van der Waals surface area contributed by atoms with Gasteiger partial charge < -0.3 is 15.4 Å². The van der Waals surface area contributed by atoms with E-state index in [0.717, 1.165) is 11.1 Å². The smallest absolute Gasteiger partial charge is 0.257 e. The summed E-state index contributed by atoms with van der Waals surface area (Å²) in [5.74, 6) is 0.390. The number of ether oxygens (including phenoxy) is 1. The standard InChI is InChI=1S/C27H28BrN3O3S/c1-16(2)15-34-24-12-10-19(14-22(24)28)25(32)31-27(35)30-23-8-6-5-7-21(23)26(33)29-20-11-9-17(3)18(4)13-20/h5-14,16H,15H2,1-4H3,(H,29,33)(H2,30,31,32,35). The molecular formula is C27H28BrN3O3S. The zero-order valence-electron chi connectivity index (χ0n) is 20.1. The summed E-state index contributed by atoms with van der Waals surface area (Å²) in [6, 6.07) is 17.8. The van der Waals surface area contributed by atoms with Crippen LogP contribution in [0.15, 0.2) is 65.1 Å². The van der Waals surface area contributed by atoms with E-state index in [9.17, 15) is 9.59 Å². The average Bonchev–Trinajstić information content (AvgIpc) is 2.80. The number of carbonyl (C=O) groups excluding carboxylic acids is 2. The molecule has 6 nitrogen and oxygen atoms in total. The summed E-state index contributed by atoms with van der Waals surface area (Å²) in [6.45, 7) is 8.72. The topological polar surface area (TPSA) is 79.5 Å². The molecule has 0 aliphatic heterocycles. The molecule has 0 unspecified atom stereocenters. The molecule has 3 aromatic carbocycles. The summed E-state index contributed by atoms with van der Waals surface area (Å²) in [5, 5.41) is 8.61. The highest BCUT2D eigenvalue weighted by Crippen LogP contribution is 2.26. The molecule has 0 aromatic heterocycles. The van der Waals surface area contributed by atoms with Crippen molar-refractivity contribution in [2.45, 2.75) is 27.7 Å². The van der Waals surface area contributed by atoms with Gasteiger partial charge in [0.05, 0.1) is 22.3 Å². The number of aryl methyl sites for hydroxylation is 2.